The van der Waals surface area contributed by atoms with Gasteiger partial charge in [0.25, 0.3) is 0 Å². The molecule has 32 heavy (non-hydrogen) atoms. The van der Waals surface area contributed by atoms with Crippen molar-refractivity contribution in [3.05, 3.63) is 39.3 Å². The lowest BCUT2D eigenvalue weighted by molar-refractivity contribution is 0.0169. The van der Waals surface area contributed by atoms with Gasteiger partial charge < -0.3 is 24.8 Å². The van der Waals surface area contributed by atoms with Gasteiger partial charge in [0.2, 0.25) is 0 Å². The van der Waals surface area contributed by atoms with Crippen LogP contribution in [0.2, 0.25) is 0 Å². The maximum absolute atomic E-state index is 5.57. The van der Waals surface area contributed by atoms with E-state index in [-0.39, 0.29) is 30.0 Å². The first-order chi connectivity index (χ1) is 15.0. The average Bonchev–Trinajstić information content (AvgIpc) is 3.13. The fraction of sp³-hybridized carbons (Fsp3) is 0.545. The largest absolute Gasteiger partial charge is 0.493 e. The molecule has 3 rings (SSSR count). The van der Waals surface area contributed by atoms with Gasteiger partial charge in [-0.3, -0.25) is 9.89 Å². The molecule has 0 radical (unpaired) electrons. The van der Waals surface area contributed by atoms with E-state index in [9.17, 15) is 0 Å². The highest BCUT2D eigenvalue weighted by atomic mass is 127. The summed E-state index contributed by atoms with van der Waals surface area (Å²) in [6, 6.07) is 6.27. The molecular weight excluding hydrogens is 541 g/mol. The highest BCUT2D eigenvalue weighted by molar-refractivity contribution is 14.0. The van der Waals surface area contributed by atoms with Crippen molar-refractivity contribution in [3.8, 4) is 11.5 Å². The minimum atomic E-state index is 0. The first kappa shape index (κ1) is 26.6. The number of nitrogens with one attached hydrogen (secondary N) is 2. The molecule has 0 bridgehead atoms. The summed E-state index contributed by atoms with van der Waals surface area (Å²) >= 11 is 1.71. The fourth-order valence-corrected chi connectivity index (χ4v) is 4.60. The maximum Gasteiger partial charge on any atom is 0.191 e. The van der Waals surface area contributed by atoms with Crippen molar-refractivity contribution in [2.45, 2.75) is 26.4 Å². The normalized spacial score (nSPS) is 15.6. The maximum atomic E-state index is 5.57. The number of aliphatic imine (C=N–C) groups is 1. The van der Waals surface area contributed by atoms with E-state index < -0.39 is 0 Å². The molecule has 1 aromatic carbocycles. The van der Waals surface area contributed by atoms with Gasteiger partial charge >= 0.3 is 0 Å². The lowest BCUT2D eigenvalue weighted by Gasteiger charge is -2.35. The smallest absolute Gasteiger partial charge is 0.191 e. The summed E-state index contributed by atoms with van der Waals surface area (Å²) in [4.78, 5) is 12.6. The van der Waals surface area contributed by atoms with Crippen LogP contribution in [0.5, 0.6) is 11.5 Å². The Morgan fingerprint density at radius 2 is 1.91 bits per heavy atom. The number of aromatic nitrogens is 1. The molecule has 1 aliphatic rings. The van der Waals surface area contributed by atoms with Gasteiger partial charge in [0.15, 0.2) is 17.5 Å². The van der Waals surface area contributed by atoms with Crippen LogP contribution in [0.15, 0.2) is 23.2 Å². The third-order valence-electron chi connectivity index (χ3n) is 5.38. The second kappa shape index (κ2) is 13.2. The molecule has 1 aliphatic heterocycles. The van der Waals surface area contributed by atoms with E-state index in [4.69, 9.17) is 14.2 Å². The summed E-state index contributed by atoms with van der Waals surface area (Å²) in [5.74, 6) is 2.23. The van der Waals surface area contributed by atoms with Gasteiger partial charge in [0.1, 0.15) is 0 Å². The van der Waals surface area contributed by atoms with Crippen LogP contribution < -0.4 is 20.1 Å². The van der Waals surface area contributed by atoms with Crippen LogP contribution >= 0.6 is 35.3 Å². The van der Waals surface area contributed by atoms with E-state index in [1.807, 2.05) is 19.9 Å². The summed E-state index contributed by atoms with van der Waals surface area (Å²) < 4.78 is 16.5. The van der Waals surface area contributed by atoms with Crippen molar-refractivity contribution in [2.24, 2.45) is 4.99 Å². The third kappa shape index (κ3) is 6.93. The number of hydrogen-bond donors (Lipinski definition) is 2. The Morgan fingerprint density at radius 1 is 1.19 bits per heavy atom. The number of benzene rings is 1. The number of ether oxygens (including phenoxy) is 3. The Labute approximate surface area is 211 Å². The van der Waals surface area contributed by atoms with Crippen LogP contribution in [0.25, 0.3) is 0 Å². The minimum Gasteiger partial charge on any atom is -0.493 e. The standard InChI is InChI=1S/C22H33N5O3S.HI/c1-15-21(31-16(2)26-15)14-25-22(23-3)24-13-18(27-8-10-30-11-9-27)17-6-7-19(28-4)20(12-17)29-5;/h6-7,12,18H,8-11,13-14H2,1-5H3,(H2,23,24,25);1H. The zero-order valence-corrected chi connectivity index (χ0v) is 22.6. The SMILES string of the molecule is CN=C(NCc1sc(C)nc1C)NCC(c1ccc(OC)c(OC)c1)N1CCOCC1.I. The van der Waals surface area contributed by atoms with Crippen LogP contribution in [-0.2, 0) is 11.3 Å². The van der Waals surface area contributed by atoms with Gasteiger partial charge in [-0.2, -0.15) is 0 Å². The van der Waals surface area contributed by atoms with Gasteiger partial charge in [0.05, 0.1) is 50.7 Å². The summed E-state index contributed by atoms with van der Waals surface area (Å²) in [7, 11) is 5.11. The van der Waals surface area contributed by atoms with E-state index in [1.165, 1.54) is 4.88 Å². The van der Waals surface area contributed by atoms with E-state index >= 15 is 0 Å². The Morgan fingerprint density at radius 3 is 2.50 bits per heavy atom. The number of nitrogens with zero attached hydrogens (tertiary/aromatic N) is 3. The van der Waals surface area contributed by atoms with Crippen LogP contribution in [0.3, 0.4) is 0 Å². The molecule has 0 aliphatic carbocycles. The van der Waals surface area contributed by atoms with Gasteiger partial charge in [-0.1, -0.05) is 6.07 Å². The van der Waals surface area contributed by atoms with Crippen LogP contribution in [-0.4, -0.2) is 70.0 Å². The number of methoxy groups -OCH3 is 2. The zero-order valence-electron chi connectivity index (χ0n) is 19.4. The molecule has 0 amide bonds. The second-order valence-corrected chi connectivity index (χ2v) is 8.61. The molecule has 1 fully saturated rings. The lowest BCUT2D eigenvalue weighted by Crippen LogP contribution is -2.46. The molecule has 2 heterocycles. The van der Waals surface area contributed by atoms with Gasteiger partial charge in [0, 0.05) is 31.6 Å². The Bertz CT molecular complexity index is 886. The average molecular weight is 576 g/mol. The van der Waals surface area contributed by atoms with Crippen molar-refractivity contribution >= 4 is 41.3 Å². The molecule has 2 aromatic rings. The van der Waals surface area contributed by atoms with E-state index in [0.717, 1.165) is 60.0 Å². The van der Waals surface area contributed by atoms with E-state index in [0.29, 0.717) is 13.1 Å². The molecule has 1 saturated heterocycles. The molecule has 8 nitrogen and oxygen atoms in total. The fourth-order valence-electron chi connectivity index (χ4n) is 3.72. The molecule has 1 atom stereocenters. The Balaban J connectivity index is 0.00000363. The molecule has 2 N–H and O–H groups in total. The Kier molecular flexibility index (Phi) is 11.0. The number of guanidine groups is 1. The molecule has 178 valence electrons. The van der Waals surface area contributed by atoms with E-state index in [2.05, 4.69) is 37.6 Å². The summed E-state index contributed by atoms with van der Waals surface area (Å²) in [5.41, 5.74) is 2.23. The summed E-state index contributed by atoms with van der Waals surface area (Å²) in [6.45, 7) is 8.72. The molecular formula is C22H34IN5O3S. The number of hydrogen-bond acceptors (Lipinski definition) is 7. The van der Waals surface area contributed by atoms with Gasteiger partial charge in [-0.05, 0) is 31.5 Å². The molecule has 0 saturated carbocycles. The predicted octanol–water partition coefficient (Wildman–Crippen LogP) is 3.13. The van der Waals surface area contributed by atoms with Crippen molar-refractivity contribution in [1.82, 2.24) is 20.5 Å². The van der Waals surface area contributed by atoms with Crippen LogP contribution in [0, 0.1) is 13.8 Å². The minimum absolute atomic E-state index is 0. The summed E-state index contributed by atoms with van der Waals surface area (Å²) in [6.07, 6.45) is 0. The number of rotatable bonds is 8. The molecule has 10 heteroatoms. The third-order valence-corrected chi connectivity index (χ3v) is 6.45. The van der Waals surface area contributed by atoms with Gasteiger partial charge in [-0.15, -0.1) is 35.3 Å². The molecule has 1 aromatic heterocycles. The van der Waals surface area contributed by atoms with E-state index in [1.54, 1.807) is 32.6 Å². The van der Waals surface area contributed by atoms with Crippen molar-refractivity contribution in [2.75, 3.05) is 54.1 Å². The molecule has 0 spiro atoms. The monoisotopic (exact) mass is 575 g/mol. The van der Waals surface area contributed by atoms with Crippen LogP contribution in [0.1, 0.15) is 27.2 Å². The number of thiazole rings is 1. The van der Waals surface area contributed by atoms with Gasteiger partial charge in [-0.25, -0.2) is 4.98 Å². The number of morpholine rings is 1. The lowest BCUT2D eigenvalue weighted by atomic mass is 10.0. The predicted molar refractivity (Wildman–Crippen MR) is 140 cm³/mol. The highest BCUT2D eigenvalue weighted by Gasteiger charge is 2.24. The van der Waals surface area contributed by atoms with Crippen molar-refractivity contribution < 1.29 is 14.2 Å². The highest BCUT2D eigenvalue weighted by Crippen LogP contribution is 2.32. The summed E-state index contributed by atoms with van der Waals surface area (Å²) in [5, 5.41) is 7.99. The van der Waals surface area contributed by atoms with Crippen LogP contribution in [0.4, 0.5) is 0 Å². The quantitative estimate of drug-likeness (QED) is 0.285. The van der Waals surface area contributed by atoms with Crippen molar-refractivity contribution in [3.63, 3.8) is 0 Å². The first-order valence-corrected chi connectivity index (χ1v) is 11.3. The number of aryl methyl sites for hydroxylation is 2. The Hall–Kier alpha value is -1.63. The topological polar surface area (TPSA) is 80.2 Å². The second-order valence-electron chi connectivity index (χ2n) is 7.33. The zero-order chi connectivity index (χ0) is 22.2. The number of halogens is 1. The first-order valence-electron chi connectivity index (χ1n) is 10.5. The van der Waals surface area contributed by atoms with Crippen molar-refractivity contribution in [1.29, 1.82) is 0 Å². The molecule has 1 unspecified atom stereocenters.